The molecule has 2 aromatic carbocycles. The van der Waals surface area contributed by atoms with Crippen LogP contribution in [-0.4, -0.2) is 25.2 Å². The Hall–Kier alpha value is -2.53. The lowest BCUT2D eigenvalue weighted by Crippen LogP contribution is -3.14. The minimum Gasteiger partial charge on any atom is -0.321 e. The predicted molar refractivity (Wildman–Crippen MR) is 95.9 cm³/mol. The number of halogens is 1. The smallest absolute Gasteiger partial charge is 0.303 e. The molecular weight excluding hydrogens is 317 g/mol. The number of likely N-dealkylation sites (tertiary alicyclic amines) is 1. The Balaban J connectivity index is 1.71. The van der Waals surface area contributed by atoms with Crippen LogP contribution in [0.2, 0.25) is 0 Å². The van der Waals surface area contributed by atoms with Gasteiger partial charge in [0.1, 0.15) is 5.82 Å². The highest BCUT2D eigenvalue weighted by atomic mass is 19.1. The van der Waals surface area contributed by atoms with E-state index in [-0.39, 0.29) is 17.8 Å². The average molecular weight is 340 g/mol. The molecule has 0 radical (unpaired) electrons. The van der Waals surface area contributed by atoms with Crippen LogP contribution in [0.15, 0.2) is 59.7 Å². The van der Waals surface area contributed by atoms with Gasteiger partial charge in [0.05, 0.1) is 19.3 Å². The molecule has 130 valence electrons. The molecule has 1 heterocycles. The van der Waals surface area contributed by atoms with Gasteiger partial charge in [0.25, 0.3) is 0 Å². The van der Waals surface area contributed by atoms with Gasteiger partial charge in [0.2, 0.25) is 0 Å². The molecule has 1 saturated heterocycles. The first-order valence-corrected chi connectivity index (χ1v) is 8.72. The van der Waals surface area contributed by atoms with Crippen molar-refractivity contribution >= 4 is 12.1 Å². The normalized spacial score (nSPS) is 16.7. The molecule has 0 aromatic heterocycles. The zero-order valence-corrected chi connectivity index (χ0v) is 14.1. The Labute approximate surface area is 147 Å². The Kier molecular flexibility index (Phi) is 5.90. The molecule has 0 saturated carbocycles. The summed E-state index contributed by atoms with van der Waals surface area (Å²) >= 11 is 0. The van der Waals surface area contributed by atoms with Crippen molar-refractivity contribution in [2.24, 2.45) is 5.10 Å². The third kappa shape index (κ3) is 4.73. The predicted octanol–water partition coefficient (Wildman–Crippen LogP) is 2.09. The Morgan fingerprint density at radius 3 is 2.40 bits per heavy atom. The van der Waals surface area contributed by atoms with Gasteiger partial charge in [-0.3, -0.25) is 4.79 Å². The van der Waals surface area contributed by atoms with Crippen molar-refractivity contribution in [1.29, 1.82) is 0 Å². The minimum atomic E-state index is -0.293. The van der Waals surface area contributed by atoms with E-state index in [4.69, 9.17) is 0 Å². The summed E-state index contributed by atoms with van der Waals surface area (Å²) in [5.41, 5.74) is 4.40. The molecule has 3 rings (SSSR count). The lowest BCUT2D eigenvalue weighted by Gasteiger charge is -2.30. The number of quaternary nitrogens is 1. The van der Waals surface area contributed by atoms with Crippen molar-refractivity contribution in [3.8, 4) is 0 Å². The van der Waals surface area contributed by atoms with E-state index in [0.717, 1.165) is 37.1 Å². The maximum Gasteiger partial charge on any atom is 0.303 e. The van der Waals surface area contributed by atoms with Gasteiger partial charge in [0.15, 0.2) is 6.04 Å². The topological polar surface area (TPSA) is 45.9 Å². The molecule has 4 nitrogen and oxygen atoms in total. The van der Waals surface area contributed by atoms with Gasteiger partial charge in [-0.1, -0.05) is 42.5 Å². The van der Waals surface area contributed by atoms with Gasteiger partial charge < -0.3 is 4.90 Å². The molecule has 25 heavy (non-hydrogen) atoms. The monoisotopic (exact) mass is 340 g/mol. The second-order valence-corrected chi connectivity index (χ2v) is 6.35. The third-order valence-electron chi connectivity index (χ3n) is 4.56. The number of piperidine rings is 1. The summed E-state index contributed by atoms with van der Waals surface area (Å²) < 4.78 is 12.9. The van der Waals surface area contributed by atoms with E-state index in [0.29, 0.717) is 0 Å². The number of carbonyl (C=O) groups excluding carboxylic acids is 1. The van der Waals surface area contributed by atoms with Crippen molar-refractivity contribution in [2.75, 3.05) is 13.1 Å². The van der Waals surface area contributed by atoms with E-state index >= 15 is 0 Å². The number of nitrogens with zero attached hydrogens (tertiary/aromatic N) is 1. The van der Waals surface area contributed by atoms with E-state index in [1.807, 2.05) is 30.3 Å². The third-order valence-corrected chi connectivity index (χ3v) is 4.56. The molecule has 5 heteroatoms. The fourth-order valence-electron chi connectivity index (χ4n) is 3.30. The summed E-state index contributed by atoms with van der Waals surface area (Å²) in [6.07, 6.45) is 5.05. The molecule has 0 spiro atoms. The van der Waals surface area contributed by atoms with Crippen LogP contribution in [0.5, 0.6) is 0 Å². The Morgan fingerprint density at radius 2 is 1.72 bits per heavy atom. The van der Waals surface area contributed by atoms with Crippen molar-refractivity contribution in [3.63, 3.8) is 0 Å². The Bertz CT molecular complexity index is 709. The lowest BCUT2D eigenvalue weighted by atomic mass is 10.0. The highest BCUT2D eigenvalue weighted by molar-refractivity contribution is 5.84. The number of hydrogen-bond donors (Lipinski definition) is 2. The highest BCUT2D eigenvalue weighted by Crippen LogP contribution is 2.11. The standard InChI is InChI=1S/C20H22FN3O/c21-18-11-9-16(10-12-18)15-22-23-20(25)19(17-7-3-1-4-8-17)24-13-5-2-6-14-24/h1,3-4,7-12,15,19H,2,5-6,13-14H2,(H,23,25)/p+1/b22-15-/t19-/m1/s1. The van der Waals surface area contributed by atoms with E-state index < -0.39 is 0 Å². The van der Waals surface area contributed by atoms with Crippen LogP contribution in [0.4, 0.5) is 4.39 Å². The summed E-state index contributed by atoms with van der Waals surface area (Å²) in [4.78, 5) is 14.1. The number of hydrogen-bond acceptors (Lipinski definition) is 2. The van der Waals surface area contributed by atoms with Gasteiger partial charge >= 0.3 is 5.91 Å². The molecular formula is C20H23FN3O+. The zero-order valence-electron chi connectivity index (χ0n) is 14.1. The van der Waals surface area contributed by atoms with Crippen LogP contribution in [0.1, 0.15) is 36.4 Å². The van der Waals surface area contributed by atoms with E-state index in [9.17, 15) is 9.18 Å². The first-order valence-electron chi connectivity index (χ1n) is 8.72. The summed E-state index contributed by atoms with van der Waals surface area (Å²) in [5.74, 6) is -0.402. The molecule has 1 amide bonds. The number of carbonyl (C=O) groups is 1. The van der Waals surface area contributed by atoms with Crippen LogP contribution in [0.25, 0.3) is 0 Å². The number of rotatable bonds is 5. The van der Waals surface area contributed by atoms with Gasteiger partial charge in [0, 0.05) is 5.56 Å². The molecule has 0 bridgehead atoms. The zero-order chi connectivity index (χ0) is 17.5. The van der Waals surface area contributed by atoms with Crippen LogP contribution < -0.4 is 10.3 Å². The lowest BCUT2D eigenvalue weighted by molar-refractivity contribution is -0.926. The minimum absolute atomic E-state index is 0.110. The van der Waals surface area contributed by atoms with E-state index in [1.54, 1.807) is 12.1 Å². The number of benzene rings is 2. The van der Waals surface area contributed by atoms with E-state index in [1.165, 1.54) is 29.7 Å². The number of hydrazone groups is 1. The second kappa shape index (κ2) is 8.53. The maximum absolute atomic E-state index is 12.9. The molecule has 0 aliphatic carbocycles. The number of amides is 1. The van der Waals surface area contributed by atoms with Gasteiger partial charge in [-0.2, -0.15) is 5.10 Å². The fourth-order valence-corrected chi connectivity index (χ4v) is 3.30. The largest absolute Gasteiger partial charge is 0.321 e. The van der Waals surface area contributed by atoms with Crippen LogP contribution >= 0.6 is 0 Å². The van der Waals surface area contributed by atoms with Gasteiger partial charge in [-0.25, -0.2) is 9.82 Å². The van der Waals surface area contributed by atoms with Crippen LogP contribution in [0.3, 0.4) is 0 Å². The van der Waals surface area contributed by atoms with Crippen molar-refractivity contribution in [1.82, 2.24) is 5.43 Å². The molecule has 1 atom stereocenters. The molecule has 1 fully saturated rings. The average Bonchev–Trinajstić information content (AvgIpc) is 2.65. The van der Waals surface area contributed by atoms with Crippen LogP contribution in [0, 0.1) is 5.82 Å². The quantitative estimate of drug-likeness (QED) is 0.635. The molecule has 1 aliphatic heterocycles. The molecule has 0 unspecified atom stereocenters. The fraction of sp³-hybridized carbons (Fsp3) is 0.300. The molecule has 2 aromatic rings. The molecule has 1 aliphatic rings. The van der Waals surface area contributed by atoms with Crippen LogP contribution in [-0.2, 0) is 4.79 Å². The second-order valence-electron chi connectivity index (χ2n) is 6.35. The first kappa shape index (κ1) is 17.3. The maximum atomic E-state index is 12.9. The summed E-state index contributed by atoms with van der Waals surface area (Å²) in [6, 6.07) is 15.6. The Morgan fingerprint density at radius 1 is 1.04 bits per heavy atom. The molecule has 2 N–H and O–H groups in total. The highest BCUT2D eigenvalue weighted by Gasteiger charge is 2.32. The summed E-state index contributed by atoms with van der Waals surface area (Å²) in [6.45, 7) is 1.99. The van der Waals surface area contributed by atoms with Crippen molar-refractivity contribution < 1.29 is 14.1 Å². The summed E-state index contributed by atoms with van der Waals surface area (Å²) in [7, 11) is 0. The van der Waals surface area contributed by atoms with Gasteiger partial charge in [-0.05, 0) is 37.0 Å². The van der Waals surface area contributed by atoms with Crippen molar-refractivity contribution in [2.45, 2.75) is 25.3 Å². The van der Waals surface area contributed by atoms with Crippen molar-refractivity contribution in [3.05, 3.63) is 71.5 Å². The SMILES string of the molecule is O=C(N/N=C\c1ccc(F)cc1)[C@@H](c1ccccc1)[NH+]1CCCCC1. The van der Waals surface area contributed by atoms with Gasteiger partial charge in [-0.15, -0.1) is 0 Å². The number of nitrogens with one attached hydrogen (secondary N) is 2. The first-order chi connectivity index (χ1) is 12.2. The summed E-state index contributed by atoms with van der Waals surface area (Å²) in [5, 5.41) is 4.05. The van der Waals surface area contributed by atoms with E-state index in [2.05, 4.69) is 10.5 Å².